The summed E-state index contributed by atoms with van der Waals surface area (Å²) in [6.07, 6.45) is 0. The second kappa shape index (κ2) is 8.22. The SMILES string of the molecule is COc1ccc(F)cc1/C(O)=C1\C(=O)C(=O)N(c2ccc(F)cc2)C1c1ccc(F)cc1. The number of ether oxygens (including phenoxy) is 1. The van der Waals surface area contributed by atoms with Crippen LogP contribution in [0.15, 0.2) is 72.3 Å². The van der Waals surface area contributed by atoms with Crippen LogP contribution < -0.4 is 9.64 Å². The highest BCUT2D eigenvalue weighted by Crippen LogP contribution is 2.43. The summed E-state index contributed by atoms with van der Waals surface area (Å²) in [6.45, 7) is 0. The largest absolute Gasteiger partial charge is 0.507 e. The van der Waals surface area contributed by atoms with E-state index >= 15 is 0 Å². The van der Waals surface area contributed by atoms with E-state index in [-0.39, 0.29) is 22.6 Å². The first kappa shape index (κ1) is 21.2. The number of halogens is 3. The number of hydrogen-bond donors (Lipinski definition) is 1. The number of hydrogen-bond acceptors (Lipinski definition) is 4. The molecular formula is C24H16F3NO4. The van der Waals surface area contributed by atoms with Crippen LogP contribution in [-0.4, -0.2) is 23.9 Å². The fourth-order valence-corrected chi connectivity index (χ4v) is 3.67. The molecule has 0 aromatic heterocycles. The highest BCUT2D eigenvalue weighted by Gasteiger charge is 2.47. The van der Waals surface area contributed by atoms with Crippen molar-refractivity contribution in [2.24, 2.45) is 0 Å². The third-order valence-corrected chi connectivity index (χ3v) is 5.15. The zero-order valence-electron chi connectivity index (χ0n) is 16.7. The molecule has 5 nitrogen and oxygen atoms in total. The van der Waals surface area contributed by atoms with Crippen LogP contribution >= 0.6 is 0 Å². The lowest BCUT2D eigenvalue weighted by molar-refractivity contribution is -0.132. The lowest BCUT2D eigenvalue weighted by Crippen LogP contribution is -2.29. The number of ketones is 1. The van der Waals surface area contributed by atoms with Gasteiger partial charge in [0.15, 0.2) is 0 Å². The number of anilines is 1. The van der Waals surface area contributed by atoms with E-state index in [4.69, 9.17) is 4.74 Å². The van der Waals surface area contributed by atoms with Gasteiger partial charge in [-0.05, 0) is 60.2 Å². The summed E-state index contributed by atoms with van der Waals surface area (Å²) in [6, 6.07) is 12.0. The number of aliphatic hydroxyl groups is 1. The normalized spacial score (nSPS) is 17.6. The molecule has 0 aliphatic carbocycles. The lowest BCUT2D eigenvalue weighted by Gasteiger charge is -2.25. The van der Waals surface area contributed by atoms with Gasteiger partial charge in [-0.1, -0.05) is 12.1 Å². The highest BCUT2D eigenvalue weighted by atomic mass is 19.1. The summed E-state index contributed by atoms with van der Waals surface area (Å²) >= 11 is 0. The minimum Gasteiger partial charge on any atom is -0.507 e. The average molecular weight is 439 g/mol. The van der Waals surface area contributed by atoms with E-state index in [1.54, 1.807) is 0 Å². The van der Waals surface area contributed by atoms with Crippen molar-refractivity contribution in [2.45, 2.75) is 6.04 Å². The Morgan fingerprint density at radius 3 is 2.03 bits per heavy atom. The summed E-state index contributed by atoms with van der Waals surface area (Å²) in [5.41, 5.74) is 0.0338. The number of Topliss-reactive ketones (excluding diaryl/α,β-unsaturated/α-hetero) is 1. The standard InChI is InChI=1S/C24H16F3NO4/c1-32-19-11-8-16(27)12-18(19)22(29)20-21(13-2-4-14(25)5-3-13)28(24(31)23(20)30)17-9-6-15(26)7-10-17/h2-12,21,29H,1H3/b22-20+. The first-order valence-corrected chi connectivity index (χ1v) is 9.47. The van der Waals surface area contributed by atoms with E-state index in [9.17, 15) is 27.9 Å². The summed E-state index contributed by atoms with van der Waals surface area (Å²) in [4.78, 5) is 27.1. The smallest absolute Gasteiger partial charge is 0.300 e. The zero-order valence-corrected chi connectivity index (χ0v) is 16.7. The molecule has 0 saturated carbocycles. The third kappa shape index (κ3) is 3.60. The van der Waals surface area contributed by atoms with Crippen LogP contribution in [0.2, 0.25) is 0 Å². The van der Waals surface area contributed by atoms with Gasteiger partial charge < -0.3 is 9.84 Å². The Morgan fingerprint density at radius 2 is 1.44 bits per heavy atom. The number of amides is 1. The Kier molecular flexibility index (Phi) is 5.44. The molecular weight excluding hydrogens is 423 g/mol. The van der Waals surface area contributed by atoms with Crippen LogP contribution in [0.1, 0.15) is 17.2 Å². The predicted octanol–water partition coefficient (Wildman–Crippen LogP) is 4.74. The van der Waals surface area contributed by atoms with Crippen molar-refractivity contribution in [3.8, 4) is 5.75 Å². The minimum atomic E-state index is -1.17. The third-order valence-electron chi connectivity index (χ3n) is 5.15. The van der Waals surface area contributed by atoms with Crippen LogP contribution in [0.3, 0.4) is 0 Å². The number of carbonyl (C=O) groups excluding carboxylic acids is 2. The van der Waals surface area contributed by atoms with Gasteiger partial charge >= 0.3 is 0 Å². The maximum Gasteiger partial charge on any atom is 0.300 e. The number of benzene rings is 3. The van der Waals surface area contributed by atoms with Crippen LogP contribution in [0, 0.1) is 17.5 Å². The van der Waals surface area contributed by atoms with Crippen molar-refractivity contribution >= 4 is 23.1 Å². The molecule has 8 heteroatoms. The summed E-state index contributed by atoms with van der Waals surface area (Å²) in [7, 11) is 1.30. The van der Waals surface area contributed by atoms with Gasteiger partial charge in [0, 0.05) is 5.69 Å². The van der Waals surface area contributed by atoms with E-state index in [2.05, 4.69) is 0 Å². The van der Waals surface area contributed by atoms with E-state index in [0.29, 0.717) is 5.56 Å². The fourth-order valence-electron chi connectivity index (χ4n) is 3.67. The molecule has 32 heavy (non-hydrogen) atoms. The number of rotatable bonds is 4. The molecule has 3 aromatic rings. The molecule has 1 aliphatic rings. The number of nitrogens with zero attached hydrogens (tertiary/aromatic N) is 1. The van der Waals surface area contributed by atoms with E-state index in [0.717, 1.165) is 41.3 Å². The highest BCUT2D eigenvalue weighted by molar-refractivity contribution is 6.51. The van der Waals surface area contributed by atoms with Gasteiger partial charge in [-0.15, -0.1) is 0 Å². The van der Waals surface area contributed by atoms with Crippen LogP contribution in [0.25, 0.3) is 5.76 Å². The van der Waals surface area contributed by atoms with Gasteiger partial charge in [-0.2, -0.15) is 0 Å². The fraction of sp³-hybridized carbons (Fsp3) is 0.0833. The Labute approximate surface area is 181 Å². The van der Waals surface area contributed by atoms with Crippen LogP contribution in [0.4, 0.5) is 18.9 Å². The molecule has 1 heterocycles. The van der Waals surface area contributed by atoms with Gasteiger partial charge in [-0.3, -0.25) is 14.5 Å². The predicted molar refractivity (Wildman–Crippen MR) is 111 cm³/mol. The Bertz CT molecular complexity index is 1240. The number of aliphatic hydroxyl groups excluding tert-OH is 1. The van der Waals surface area contributed by atoms with Crippen molar-refractivity contribution in [1.29, 1.82) is 0 Å². The van der Waals surface area contributed by atoms with E-state index < -0.39 is 40.9 Å². The summed E-state index contributed by atoms with van der Waals surface area (Å²) in [5, 5.41) is 11.0. The number of carbonyl (C=O) groups is 2. The van der Waals surface area contributed by atoms with Gasteiger partial charge in [0.2, 0.25) is 0 Å². The quantitative estimate of drug-likeness (QED) is 0.362. The van der Waals surface area contributed by atoms with Gasteiger partial charge in [0.05, 0.1) is 24.3 Å². The van der Waals surface area contributed by atoms with Gasteiger partial charge in [0.1, 0.15) is 29.0 Å². The maximum absolute atomic E-state index is 13.9. The summed E-state index contributed by atoms with van der Waals surface area (Å²) in [5.74, 6) is -4.38. The van der Waals surface area contributed by atoms with Crippen molar-refractivity contribution in [3.63, 3.8) is 0 Å². The molecule has 1 aliphatic heterocycles. The van der Waals surface area contributed by atoms with Gasteiger partial charge in [-0.25, -0.2) is 13.2 Å². The molecule has 1 amide bonds. The second-order valence-electron chi connectivity index (χ2n) is 7.04. The molecule has 1 fully saturated rings. The average Bonchev–Trinajstić information content (AvgIpc) is 3.05. The molecule has 1 unspecified atom stereocenters. The molecule has 162 valence electrons. The van der Waals surface area contributed by atoms with Crippen LogP contribution in [0.5, 0.6) is 5.75 Å². The van der Waals surface area contributed by atoms with E-state index in [1.165, 1.54) is 37.4 Å². The van der Waals surface area contributed by atoms with Crippen molar-refractivity contribution in [1.82, 2.24) is 0 Å². The Hall–Kier alpha value is -4.07. The van der Waals surface area contributed by atoms with Crippen molar-refractivity contribution < 1.29 is 32.6 Å². The maximum atomic E-state index is 13.9. The topological polar surface area (TPSA) is 66.8 Å². The first-order valence-electron chi connectivity index (χ1n) is 9.47. The second-order valence-corrected chi connectivity index (χ2v) is 7.04. The summed E-state index contributed by atoms with van der Waals surface area (Å²) < 4.78 is 46.1. The Morgan fingerprint density at radius 1 is 0.875 bits per heavy atom. The molecule has 0 spiro atoms. The minimum absolute atomic E-state index is 0.0785. The molecule has 1 saturated heterocycles. The lowest BCUT2D eigenvalue weighted by atomic mass is 9.94. The zero-order chi connectivity index (χ0) is 23.0. The Balaban J connectivity index is 1.98. The molecule has 1 atom stereocenters. The first-order chi connectivity index (χ1) is 15.3. The van der Waals surface area contributed by atoms with Crippen molar-refractivity contribution in [3.05, 3.63) is 101 Å². The van der Waals surface area contributed by atoms with Crippen LogP contribution in [-0.2, 0) is 9.59 Å². The number of methoxy groups -OCH3 is 1. The molecule has 0 radical (unpaired) electrons. The van der Waals surface area contributed by atoms with Crippen molar-refractivity contribution in [2.75, 3.05) is 12.0 Å². The molecule has 4 rings (SSSR count). The monoisotopic (exact) mass is 439 g/mol. The molecule has 1 N–H and O–H groups in total. The molecule has 0 bridgehead atoms. The molecule has 3 aromatic carbocycles. The van der Waals surface area contributed by atoms with E-state index in [1.807, 2.05) is 0 Å². The van der Waals surface area contributed by atoms with Gasteiger partial charge in [0.25, 0.3) is 11.7 Å².